The lowest BCUT2D eigenvalue weighted by molar-refractivity contribution is -0.130. The Morgan fingerprint density at radius 2 is 1.79 bits per heavy atom. The molecule has 0 saturated carbocycles. The van der Waals surface area contributed by atoms with E-state index in [1.165, 1.54) is 4.68 Å². The molecule has 29 heavy (non-hydrogen) atoms. The van der Waals surface area contributed by atoms with Gasteiger partial charge in [0.15, 0.2) is 0 Å². The second-order valence-electron chi connectivity index (χ2n) is 7.11. The van der Waals surface area contributed by atoms with Crippen LogP contribution >= 0.6 is 0 Å². The van der Waals surface area contributed by atoms with Crippen LogP contribution in [0, 0.1) is 0 Å². The maximum Gasteiger partial charge on any atom is 0.346 e. The van der Waals surface area contributed by atoms with E-state index < -0.39 is 0 Å². The number of fused-ring (bicyclic) bond motifs is 1. The topological polar surface area (TPSA) is 69.4 Å². The third kappa shape index (κ3) is 4.08. The van der Waals surface area contributed by atoms with Crippen LogP contribution in [0.2, 0.25) is 0 Å². The number of methoxy groups -OCH3 is 1. The highest BCUT2D eigenvalue weighted by Gasteiger charge is 2.23. The van der Waals surface area contributed by atoms with Gasteiger partial charge >= 0.3 is 5.69 Å². The maximum absolute atomic E-state index is 12.8. The largest absolute Gasteiger partial charge is 0.496 e. The van der Waals surface area contributed by atoms with Gasteiger partial charge in [-0.3, -0.25) is 9.36 Å². The number of benzene rings is 2. The third-order valence-corrected chi connectivity index (χ3v) is 5.26. The smallest absolute Gasteiger partial charge is 0.346 e. The molecule has 0 fully saturated rings. The summed E-state index contributed by atoms with van der Waals surface area (Å²) in [7, 11) is 1.61. The standard InChI is InChI=1S/C22H24N4O3/c1-29-19-10-6-5-9-18(19)15-21(27)24-12-11-20-23-26(22(28)25(20)14-13-24)16-17-7-3-2-4-8-17/h2-10H,11-16H2,1H3. The van der Waals surface area contributed by atoms with Crippen LogP contribution < -0.4 is 10.4 Å². The van der Waals surface area contributed by atoms with Crippen LogP contribution in [0.15, 0.2) is 59.4 Å². The molecule has 0 atom stereocenters. The van der Waals surface area contributed by atoms with Crippen molar-refractivity contribution in [3.8, 4) is 5.75 Å². The molecule has 0 saturated heterocycles. The van der Waals surface area contributed by atoms with Gasteiger partial charge in [0.25, 0.3) is 0 Å². The zero-order chi connectivity index (χ0) is 20.2. The molecule has 1 aliphatic heterocycles. The second-order valence-corrected chi connectivity index (χ2v) is 7.11. The van der Waals surface area contributed by atoms with Gasteiger partial charge in [0.1, 0.15) is 11.6 Å². The molecule has 1 amide bonds. The molecule has 0 bridgehead atoms. The van der Waals surface area contributed by atoms with Gasteiger partial charge in [0, 0.05) is 31.6 Å². The lowest BCUT2D eigenvalue weighted by atomic mass is 10.1. The minimum absolute atomic E-state index is 0.0323. The van der Waals surface area contributed by atoms with Crippen molar-refractivity contribution in [2.75, 3.05) is 20.2 Å². The molecule has 0 N–H and O–H groups in total. The van der Waals surface area contributed by atoms with E-state index in [0.717, 1.165) is 17.0 Å². The molecular formula is C22H24N4O3. The number of rotatable bonds is 5. The van der Waals surface area contributed by atoms with E-state index in [9.17, 15) is 9.59 Å². The van der Waals surface area contributed by atoms with Crippen LogP contribution in [-0.2, 0) is 30.7 Å². The average Bonchev–Trinajstić information content (AvgIpc) is 2.91. The molecule has 2 heterocycles. The normalized spacial score (nSPS) is 13.6. The first kappa shape index (κ1) is 19.0. The minimum atomic E-state index is -0.122. The maximum atomic E-state index is 12.8. The molecule has 3 aromatic rings. The molecule has 1 aliphatic rings. The van der Waals surface area contributed by atoms with Crippen LogP contribution in [0.5, 0.6) is 5.75 Å². The molecule has 0 unspecified atom stereocenters. The van der Waals surface area contributed by atoms with Crippen LogP contribution in [0.25, 0.3) is 0 Å². The lowest BCUT2D eigenvalue weighted by Gasteiger charge is -2.20. The molecular weight excluding hydrogens is 368 g/mol. The number of carbonyl (C=O) groups is 1. The summed E-state index contributed by atoms with van der Waals surface area (Å²) in [6.45, 7) is 1.96. The number of ether oxygens (including phenoxy) is 1. The van der Waals surface area contributed by atoms with Gasteiger partial charge in [0.2, 0.25) is 5.91 Å². The summed E-state index contributed by atoms with van der Waals surface area (Å²) in [5.41, 5.74) is 1.78. The first-order chi connectivity index (χ1) is 14.2. The quantitative estimate of drug-likeness (QED) is 0.663. The summed E-state index contributed by atoms with van der Waals surface area (Å²) in [6.07, 6.45) is 0.846. The van der Waals surface area contributed by atoms with Crippen LogP contribution in [0.1, 0.15) is 17.0 Å². The van der Waals surface area contributed by atoms with E-state index in [2.05, 4.69) is 5.10 Å². The Kier molecular flexibility index (Phi) is 5.46. The average molecular weight is 392 g/mol. The number of hydrogen-bond acceptors (Lipinski definition) is 4. The van der Waals surface area contributed by atoms with Gasteiger partial charge in [-0.25, -0.2) is 9.48 Å². The number of amides is 1. The first-order valence-electron chi connectivity index (χ1n) is 9.76. The number of hydrogen-bond donors (Lipinski definition) is 0. The van der Waals surface area contributed by atoms with Gasteiger partial charge in [-0.15, -0.1) is 0 Å². The summed E-state index contributed by atoms with van der Waals surface area (Å²) in [5.74, 6) is 1.48. The molecule has 2 aromatic carbocycles. The van der Waals surface area contributed by atoms with Crippen LogP contribution in [0.4, 0.5) is 0 Å². The van der Waals surface area contributed by atoms with Gasteiger partial charge in [-0.05, 0) is 11.6 Å². The number of nitrogens with zero attached hydrogens (tertiary/aromatic N) is 4. The van der Waals surface area contributed by atoms with E-state index in [4.69, 9.17) is 4.74 Å². The zero-order valence-corrected chi connectivity index (χ0v) is 16.5. The van der Waals surface area contributed by atoms with Crippen LogP contribution in [-0.4, -0.2) is 45.4 Å². The fourth-order valence-corrected chi connectivity index (χ4v) is 3.70. The van der Waals surface area contributed by atoms with Crippen molar-refractivity contribution in [1.29, 1.82) is 0 Å². The van der Waals surface area contributed by atoms with Crippen molar-refractivity contribution in [1.82, 2.24) is 19.2 Å². The monoisotopic (exact) mass is 392 g/mol. The predicted molar refractivity (Wildman–Crippen MR) is 109 cm³/mol. The van der Waals surface area contributed by atoms with Gasteiger partial charge < -0.3 is 9.64 Å². The molecule has 0 spiro atoms. The first-order valence-corrected chi connectivity index (χ1v) is 9.76. The predicted octanol–water partition coefficient (Wildman–Crippen LogP) is 1.73. The van der Waals surface area contributed by atoms with Crippen molar-refractivity contribution in [3.05, 3.63) is 82.0 Å². The second kappa shape index (κ2) is 8.34. The molecule has 7 heteroatoms. The Labute approximate surface area is 169 Å². The summed E-state index contributed by atoms with van der Waals surface area (Å²) in [6, 6.07) is 17.4. The van der Waals surface area contributed by atoms with Crippen molar-refractivity contribution in [2.45, 2.75) is 25.9 Å². The Morgan fingerprint density at radius 3 is 2.59 bits per heavy atom. The minimum Gasteiger partial charge on any atom is -0.496 e. The summed E-state index contributed by atoms with van der Waals surface area (Å²) in [4.78, 5) is 27.4. The summed E-state index contributed by atoms with van der Waals surface area (Å²) >= 11 is 0. The SMILES string of the molecule is COc1ccccc1CC(=O)N1CCc2nn(Cc3ccccc3)c(=O)n2CC1. The van der Waals surface area contributed by atoms with Gasteiger partial charge in [-0.1, -0.05) is 48.5 Å². The fourth-order valence-electron chi connectivity index (χ4n) is 3.70. The highest BCUT2D eigenvalue weighted by molar-refractivity contribution is 5.79. The van der Waals surface area contributed by atoms with Crippen molar-refractivity contribution in [2.24, 2.45) is 0 Å². The molecule has 0 radical (unpaired) electrons. The van der Waals surface area contributed by atoms with E-state index in [-0.39, 0.29) is 18.0 Å². The lowest BCUT2D eigenvalue weighted by Crippen LogP contribution is -2.36. The van der Waals surface area contributed by atoms with Crippen LogP contribution in [0.3, 0.4) is 0 Å². The van der Waals surface area contributed by atoms with E-state index in [1.54, 1.807) is 11.7 Å². The third-order valence-electron chi connectivity index (χ3n) is 5.26. The summed E-state index contributed by atoms with van der Waals surface area (Å²) < 4.78 is 8.55. The Hall–Kier alpha value is -3.35. The van der Waals surface area contributed by atoms with Crippen molar-refractivity contribution < 1.29 is 9.53 Å². The van der Waals surface area contributed by atoms with E-state index in [0.29, 0.717) is 38.3 Å². The molecule has 7 nitrogen and oxygen atoms in total. The number of para-hydroxylation sites is 1. The summed E-state index contributed by atoms with van der Waals surface area (Å²) in [5, 5.41) is 4.52. The zero-order valence-electron chi connectivity index (χ0n) is 16.5. The molecule has 0 aliphatic carbocycles. The van der Waals surface area contributed by atoms with E-state index >= 15 is 0 Å². The van der Waals surface area contributed by atoms with Gasteiger partial charge in [0.05, 0.1) is 20.1 Å². The fraction of sp³-hybridized carbons (Fsp3) is 0.318. The van der Waals surface area contributed by atoms with Gasteiger partial charge in [-0.2, -0.15) is 5.10 Å². The highest BCUT2D eigenvalue weighted by atomic mass is 16.5. The molecule has 150 valence electrons. The number of aromatic nitrogens is 3. The molecule has 1 aromatic heterocycles. The Morgan fingerprint density at radius 1 is 1.03 bits per heavy atom. The molecule has 4 rings (SSSR count). The van der Waals surface area contributed by atoms with E-state index in [1.807, 2.05) is 59.5 Å². The highest BCUT2D eigenvalue weighted by Crippen LogP contribution is 2.19. The Bertz CT molecular complexity index is 1060. The number of carbonyl (C=O) groups excluding carboxylic acids is 1. The van der Waals surface area contributed by atoms with Crippen molar-refractivity contribution >= 4 is 5.91 Å². The Balaban J connectivity index is 1.45. The van der Waals surface area contributed by atoms with Crippen molar-refractivity contribution in [3.63, 3.8) is 0 Å².